The largest absolute Gasteiger partial charge is 0.597 e. The first-order chi connectivity index (χ1) is 14.9. The van der Waals surface area contributed by atoms with Crippen molar-refractivity contribution in [3.05, 3.63) is 59.4 Å². The number of nitrogens with zero attached hydrogens (tertiary/aromatic N) is 1. The second kappa shape index (κ2) is 7.89. The number of hydrogen-bond donors (Lipinski definition) is 1. The van der Waals surface area contributed by atoms with E-state index in [9.17, 15) is 17.9 Å². The van der Waals surface area contributed by atoms with Crippen LogP contribution in [-0.4, -0.2) is 33.4 Å². The van der Waals surface area contributed by atoms with Gasteiger partial charge in [0.1, 0.15) is 21.5 Å². The first-order valence-electron chi connectivity index (χ1n) is 10.3. The number of benzene rings is 2. The smallest absolute Gasteiger partial charge is 0.231 e. The minimum atomic E-state index is -3.48. The van der Waals surface area contributed by atoms with Crippen molar-refractivity contribution in [1.29, 1.82) is 0 Å². The number of rotatable bonds is 6. The van der Waals surface area contributed by atoms with Gasteiger partial charge in [-0.15, -0.1) is 4.31 Å². The van der Waals surface area contributed by atoms with E-state index in [0.29, 0.717) is 42.9 Å². The molecule has 164 valence electrons. The third kappa shape index (κ3) is 4.05. The summed E-state index contributed by atoms with van der Waals surface area (Å²) >= 11 is 0. The number of carbonyl (C=O) groups excluding carboxylic acids is 1. The first kappa shape index (κ1) is 20.4. The summed E-state index contributed by atoms with van der Waals surface area (Å²) in [6.07, 6.45) is 1.66. The summed E-state index contributed by atoms with van der Waals surface area (Å²) in [6.45, 7) is 0.625. The zero-order valence-corrected chi connectivity index (χ0v) is 17.6. The topological polar surface area (TPSA) is 90.9 Å². The summed E-state index contributed by atoms with van der Waals surface area (Å²) in [5.41, 5.74) is 1.57. The predicted octanol–water partition coefficient (Wildman–Crippen LogP) is 2.94. The standard InChI is InChI=1S/C22H23FN2O5S/c23-17-4-2-15(3-5-17)19-10-16(12-25(19)31(27,28)18-6-7-18)22(26)24-11-14-1-8-20-21(9-14)30-13-29-20/h1-5,8-9,16,18-19H,6-7,10-13H2,(H-,24,26,27,28)/t16-,19-/m1/s1. The van der Waals surface area contributed by atoms with Crippen molar-refractivity contribution in [2.24, 2.45) is 5.92 Å². The molecule has 2 aliphatic heterocycles. The van der Waals surface area contributed by atoms with Gasteiger partial charge in [0.05, 0.1) is 18.5 Å². The van der Waals surface area contributed by atoms with E-state index in [-0.39, 0.29) is 30.3 Å². The molecule has 1 saturated carbocycles. The molecule has 1 N–H and O–H groups in total. The summed E-state index contributed by atoms with van der Waals surface area (Å²) in [6, 6.07) is 10.9. The number of amides is 1. The molecule has 2 heterocycles. The van der Waals surface area contributed by atoms with Crippen molar-refractivity contribution in [1.82, 2.24) is 9.62 Å². The lowest BCUT2D eigenvalue weighted by atomic mass is 9.99. The predicted molar refractivity (Wildman–Crippen MR) is 110 cm³/mol. The average Bonchev–Trinajstić information content (AvgIpc) is 3.36. The number of hydrogen-bond acceptors (Lipinski definition) is 5. The Morgan fingerprint density at radius 2 is 1.90 bits per heavy atom. The Hall–Kier alpha value is -2.49. The maximum absolute atomic E-state index is 13.4. The molecule has 3 aliphatic rings. The van der Waals surface area contributed by atoms with E-state index < -0.39 is 22.4 Å². The van der Waals surface area contributed by atoms with Gasteiger partial charge >= 0.3 is 0 Å². The fraction of sp³-hybridized carbons (Fsp3) is 0.409. The van der Waals surface area contributed by atoms with Crippen LogP contribution in [-0.2, 0) is 25.9 Å². The Labute approximate surface area is 180 Å². The summed E-state index contributed by atoms with van der Waals surface area (Å²) in [5, 5.41) is 2.54. The third-order valence-corrected chi connectivity index (χ3v) is 8.43. The number of halogens is 1. The van der Waals surface area contributed by atoms with Crippen molar-refractivity contribution >= 4 is 16.3 Å². The van der Waals surface area contributed by atoms with E-state index in [1.54, 1.807) is 18.2 Å². The van der Waals surface area contributed by atoms with E-state index >= 15 is 0 Å². The lowest BCUT2D eigenvalue weighted by Gasteiger charge is -2.29. The monoisotopic (exact) mass is 446 g/mol. The highest BCUT2D eigenvalue weighted by Gasteiger charge is 2.52. The molecule has 2 aromatic rings. The molecule has 9 heteroatoms. The molecule has 31 heavy (non-hydrogen) atoms. The van der Waals surface area contributed by atoms with Gasteiger partial charge in [0.2, 0.25) is 12.7 Å². The van der Waals surface area contributed by atoms with Crippen molar-refractivity contribution in [3.8, 4) is 11.5 Å². The maximum atomic E-state index is 13.4. The molecule has 1 aliphatic carbocycles. The van der Waals surface area contributed by atoms with Crippen LogP contribution in [0.1, 0.15) is 36.4 Å². The van der Waals surface area contributed by atoms with Gasteiger partial charge in [-0.05, 0) is 41.8 Å². The zero-order valence-electron chi connectivity index (χ0n) is 16.8. The molecule has 5 rings (SSSR count). The van der Waals surface area contributed by atoms with Gasteiger partial charge in [-0.1, -0.05) is 22.4 Å². The van der Waals surface area contributed by atoms with Crippen molar-refractivity contribution in [2.75, 3.05) is 13.3 Å². The van der Waals surface area contributed by atoms with Crippen molar-refractivity contribution in [2.45, 2.75) is 37.1 Å². The molecule has 0 radical (unpaired) electrons. The number of ether oxygens (including phenoxy) is 2. The minimum Gasteiger partial charge on any atom is -0.597 e. The first-order valence-corrected chi connectivity index (χ1v) is 11.8. The Balaban J connectivity index is 1.30. The Morgan fingerprint density at radius 1 is 1.16 bits per heavy atom. The van der Waals surface area contributed by atoms with Crippen LogP contribution in [0.3, 0.4) is 0 Å². The van der Waals surface area contributed by atoms with Crippen LogP contribution in [0.5, 0.6) is 11.5 Å². The van der Waals surface area contributed by atoms with Crippen LogP contribution < -0.4 is 14.8 Å². The average molecular weight is 447 g/mol. The van der Waals surface area contributed by atoms with Crippen LogP contribution >= 0.6 is 0 Å². The molecule has 2 fully saturated rings. The Kier molecular flexibility index (Phi) is 5.19. The Bertz CT molecular complexity index is 1040. The number of carbonyl (C=O) groups is 1. The van der Waals surface area contributed by atoms with Crippen LogP contribution in [0, 0.1) is 11.7 Å². The van der Waals surface area contributed by atoms with Crippen LogP contribution in [0.2, 0.25) is 0 Å². The molecule has 0 spiro atoms. The van der Waals surface area contributed by atoms with Gasteiger partial charge in [0.25, 0.3) is 0 Å². The van der Waals surface area contributed by atoms with Crippen molar-refractivity contribution < 1.29 is 27.4 Å². The normalized spacial score (nSPS) is 24.7. The maximum Gasteiger partial charge on any atom is 0.231 e. The van der Waals surface area contributed by atoms with E-state index in [1.165, 1.54) is 16.4 Å². The van der Waals surface area contributed by atoms with Crippen LogP contribution in [0.4, 0.5) is 4.39 Å². The fourth-order valence-electron chi connectivity index (χ4n) is 4.21. The molecule has 2 aromatic carbocycles. The van der Waals surface area contributed by atoms with E-state index in [1.807, 2.05) is 12.1 Å². The van der Waals surface area contributed by atoms with Gasteiger partial charge in [-0.2, -0.15) is 0 Å². The van der Waals surface area contributed by atoms with Gasteiger partial charge in [-0.3, -0.25) is 4.79 Å². The molecule has 1 saturated heterocycles. The molecule has 0 aromatic heterocycles. The fourth-order valence-corrected chi connectivity index (χ4v) is 6.27. The lowest BCUT2D eigenvalue weighted by Crippen LogP contribution is -2.40. The minimum absolute atomic E-state index is 0.133. The zero-order chi connectivity index (χ0) is 21.6. The SMILES string of the molecule is O=C(NCc1ccc2c(c1)OCO2)[C@@H]1C[C@H](c2ccc(F)cc2)N([S+](=O)([O-])C2CC2)C1. The van der Waals surface area contributed by atoms with Gasteiger partial charge < -0.3 is 19.3 Å². The van der Waals surface area contributed by atoms with Gasteiger partial charge in [-0.25, -0.2) is 4.39 Å². The molecule has 1 amide bonds. The lowest BCUT2D eigenvalue weighted by molar-refractivity contribution is -0.124. The molecule has 7 nitrogen and oxygen atoms in total. The summed E-state index contributed by atoms with van der Waals surface area (Å²) in [4.78, 5) is 12.9. The second-order valence-corrected chi connectivity index (χ2v) is 10.4. The quantitative estimate of drug-likeness (QED) is 0.689. The van der Waals surface area contributed by atoms with Gasteiger partial charge in [0.15, 0.2) is 11.5 Å². The van der Waals surface area contributed by atoms with Gasteiger partial charge in [0, 0.05) is 19.4 Å². The number of fused-ring (bicyclic) bond motifs is 1. The molecule has 3 atom stereocenters. The highest BCUT2D eigenvalue weighted by molar-refractivity contribution is 7.96. The second-order valence-electron chi connectivity index (χ2n) is 8.22. The molecule has 0 bridgehead atoms. The summed E-state index contributed by atoms with van der Waals surface area (Å²) in [5.74, 6) is 0.270. The number of sulfonamides is 1. The molecule has 1 unspecified atom stereocenters. The highest BCUT2D eigenvalue weighted by atomic mass is 32.3. The highest BCUT2D eigenvalue weighted by Crippen LogP contribution is 2.45. The summed E-state index contributed by atoms with van der Waals surface area (Å²) in [7, 11) is -3.48. The van der Waals surface area contributed by atoms with E-state index in [2.05, 4.69) is 5.32 Å². The van der Waals surface area contributed by atoms with E-state index in [4.69, 9.17) is 9.47 Å². The van der Waals surface area contributed by atoms with E-state index in [0.717, 1.165) is 5.56 Å². The van der Waals surface area contributed by atoms with Crippen LogP contribution in [0.25, 0.3) is 0 Å². The Morgan fingerprint density at radius 3 is 2.65 bits per heavy atom. The summed E-state index contributed by atoms with van der Waals surface area (Å²) < 4.78 is 51.5. The number of nitrogens with one attached hydrogen (secondary N) is 1. The molecular formula is C22H23FN2O5S. The van der Waals surface area contributed by atoms with Crippen molar-refractivity contribution in [3.63, 3.8) is 0 Å². The molecular weight excluding hydrogens is 423 g/mol. The third-order valence-electron chi connectivity index (χ3n) is 6.06. The van der Waals surface area contributed by atoms with Crippen LogP contribution in [0.15, 0.2) is 42.5 Å².